The minimum absolute atomic E-state index is 1.08. The Morgan fingerprint density at radius 1 is 1.22 bits per heavy atom. The lowest BCUT2D eigenvalue weighted by molar-refractivity contribution is 0.664. The quantitative estimate of drug-likeness (QED) is 0.494. The van der Waals surface area contributed by atoms with Crippen LogP contribution in [0.4, 0.5) is 0 Å². The zero-order valence-corrected chi connectivity index (χ0v) is 6.61. The lowest BCUT2D eigenvalue weighted by Gasteiger charge is -1.96. The van der Waals surface area contributed by atoms with Crippen LogP contribution in [0.2, 0.25) is 0 Å². The van der Waals surface area contributed by atoms with E-state index in [4.69, 9.17) is 6.58 Å². The van der Waals surface area contributed by atoms with Crippen molar-refractivity contribution in [2.45, 2.75) is 46.0 Å². The topological polar surface area (TPSA) is 0 Å². The molecule has 0 bridgehead atoms. The summed E-state index contributed by atoms with van der Waals surface area (Å²) in [7, 11) is 0. The van der Waals surface area contributed by atoms with Crippen LogP contribution in [-0.2, 0) is 0 Å². The summed E-state index contributed by atoms with van der Waals surface area (Å²) in [4.78, 5) is 0. The van der Waals surface area contributed by atoms with Crippen LogP contribution in [0.1, 0.15) is 46.0 Å². The van der Waals surface area contributed by atoms with Gasteiger partial charge in [0.15, 0.2) is 0 Å². The number of unbranched alkanes of at least 4 members (excludes halogenated alkanes) is 3. The molecule has 53 valence electrons. The molecule has 0 aliphatic carbocycles. The van der Waals surface area contributed by atoms with Gasteiger partial charge in [0.25, 0.3) is 0 Å². The molecule has 0 aliphatic rings. The van der Waals surface area contributed by atoms with E-state index in [0.29, 0.717) is 0 Å². The lowest BCUT2D eigenvalue weighted by atomic mass is 10.1. The van der Waals surface area contributed by atoms with Crippen molar-refractivity contribution < 1.29 is 0 Å². The molecule has 0 heteroatoms. The maximum atomic E-state index is 5.49. The molecular formula is C9H17. The Hall–Kier alpha value is -0.260. The molecule has 0 heterocycles. The summed E-state index contributed by atoms with van der Waals surface area (Å²) < 4.78 is 0. The Morgan fingerprint density at radius 3 is 2.33 bits per heavy atom. The van der Waals surface area contributed by atoms with Gasteiger partial charge in [-0.3, -0.25) is 0 Å². The highest BCUT2D eigenvalue weighted by Crippen LogP contribution is 2.06. The predicted molar refractivity (Wildman–Crippen MR) is 42.2 cm³/mol. The Balaban J connectivity index is 2.83. The Kier molecular flexibility index (Phi) is 5.70. The summed E-state index contributed by atoms with van der Waals surface area (Å²) >= 11 is 0. The Morgan fingerprint density at radius 2 is 1.89 bits per heavy atom. The van der Waals surface area contributed by atoms with E-state index in [2.05, 4.69) is 6.92 Å². The molecule has 0 fully saturated rings. The normalized spacial score (nSPS) is 9.56. The van der Waals surface area contributed by atoms with Gasteiger partial charge < -0.3 is 0 Å². The fourth-order valence-corrected chi connectivity index (χ4v) is 0.831. The van der Waals surface area contributed by atoms with Gasteiger partial charge in [0.1, 0.15) is 0 Å². The third-order valence-electron chi connectivity index (χ3n) is 1.42. The molecule has 0 saturated heterocycles. The maximum absolute atomic E-state index is 5.49. The molecule has 0 amide bonds. The van der Waals surface area contributed by atoms with Gasteiger partial charge in [0.05, 0.1) is 0 Å². The highest BCUT2D eigenvalue weighted by atomic mass is 13.9. The summed E-state index contributed by atoms with van der Waals surface area (Å²) in [6, 6.07) is 0. The van der Waals surface area contributed by atoms with Gasteiger partial charge >= 0.3 is 0 Å². The minimum Gasteiger partial charge on any atom is -0.0733 e. The Bertz CT molecular complexity index is 72.1. The fraction of sp³-hybridized carbons (Fsp3) is 0.778. The van der Waals surface area contributed by atoms with Crippen LogP contribution in [0, 0.1) is 6.58 Å². The second-order valence-corrected chi connectivity index (χ2v) is 2.66. The summed E-state index contributed by atoms with van der Waals surface area (Å²) in [5, 5.41) is 0. The van der Waals surface area contributed by atoms with Crippen LogP contribution in [0.15, 0.2) is 5.57 Å². The summed E-state index contributed by atoms with van der Waals surface area (Å²) in [5.74, 6) is 0. The average Bonchev–Trinajstić information content (AvgIpc) is 1.80. The van der Waals surface area contributed by atoms with E-state index in [0.717, 1.165) is 12.0 Å². The van der Waals surface area contributed by atoms with Gasteiger partial charge in [-0.15, -0.1) is 0 Å². The van der Waals surface area contributed by atoms with E-state index in [9.17, 15) is 0 Å². The number of rotatable bonds is 5. The SMILES string of the molecule is [CH]=C(C)CCCCCC. The van der Waals surface area contributed by atoms with E-state index < -0.39 is 0 Å². The van der Waals surface area contributed by atoms with Gasteiger partial charge in [-0.05, 0) is 19.8 Å². The number of allylic oxidation sites excluding steroid dienone is 1. The fourth-order valence-electron chi connectivity index (χ4n) is 0.831. The first-order chi connectivity index (χ1) is 4.27. The first kappa shape index (κ1) is 8.74. The molecule has 0 rings (SSSR count). The van der Waals surface area contributed by atoms with E-state index in [1.165, 1.54) is 25.7 Å². The van der Waals surface area contributed by atoms with Crippen LogP contribution in [-0.4, -0.2) is 0 Å². The predicted octanol–water partition coefficient (Wildman–Crippen LogP) is 3.34. The van der Waals surface area contributed by atoms with Crippen LogP contribution >= 0.6 is 0 Å². The maximum Gasteiger partial charge on any atom is -0.0320 e. The van der Waals surface area contributed by atoms with Crippen LogP contribution in [0.3, 0.4) is 0 Å². The average molecular weight is 125 g/mol. The number of hydrogen-bond donors (Lipinski definition) is 0. The molecule has 0 atom stereocenters. The summed E-state index contributed by atoms with van der Waals surface area (Å²) in [6.07, 6.45) is 6.39. The first-order valence-electron chi connectivity index (χ1n) is 3.85. The van der Waals surface area contributed by atoms with Crippen molar-refractivity contribution >= 4 is 0 Å². The standard InChI is InChI=1S/C9H17/c1-4-5-6-7-8-9(2)3/h2H,4-8H2,1,3H3. The van der Waals surface area contributed by atoms with E-state index >= 15 is 0 Å². The van der Waals surface area contributed by atoms with Gasteiger partial charge in [0, 0.05) is 0 Å². The highest BCUT2D eigenvalue weighted by molar-refractivity contribution is 4.83. The second kappa shape index (κ2) is 5.87. The molecular weight excluding hydrogens is 108 g/mol. The van der Waals surface area contributed by atoms with Crippen molar-refractivity contribution in [3.8, 4) is 0 Å². The zero-order chi connectivity index (χ0) is 7.11. The summed E-state index contributed by atoms with van der Waals surface area (Å²) in [6.45, 7) is 9.70. The highest BCUT2D eigenvalue weighted by Gasteiger charge is 1.86. The smallest absolute Gasteiger partial charge is 0.0320 e. The molecule has 1 radical (unpaired) electrons. The van der Waals surface area contributed by atoms with Gasteiger partial charge in [-0.25, -0.2) is 0 Å². The van der Waals surface area contributed by atoms with E-state index in [-0.39, 0.29) is 0 Å². The van der Waals surface area contributed by atoms with Crippen LogP contribution in [0.25, 0.3) is 0 Å². The van der Waals surface area contributed by atoms with Crippen molar-refractivity contribution in [1.29, 1.82) is 0 Å². The molecule has 0 saturated carbocycles. The van der Waals surface area contributed by atoms with Gasteiger partial charge in [-0.1, -0.05) is 38.3 Å². The molecule has 0 spiro atoms. The second-order valence-electron chi connectivity index (χ2n) is 2.66. The molecule has 0 aliphatic heterocycles. The van der Waals surface area contributed by atoms with Crippen molar-refractivity contribution in [1.82, 2.24) is 0 Å². The molecule has 0 aromatic rings. The molecule has 0 unspecified atom stereocenters. The molecule has 0 aromatic heterocycles. The molecule has 0 N–H and O–H groups in total. The van der Waals surface area contributed by atoms with Crippen molar-refractivity contribution in [3.63, 3.8) is 0 Å². The summed E-state index contributed by atoms with van der Waals surface area (Å²) in [5.41, 5.74) is 1.08. The third kappa shape index (κ3) is 7.74. The lowest BCUT2D eigenvalue weighted by Crippen LogP contribution is -1.77. The molecule has 9 heavy (non-hydrogen) atoms. The van der Waals surface area contributed by atoms with Crippen molar-refractivity contribution in [2.75, 3.05) is 0 Å². The Labute approximate surface area is 59.0 Å². The van der Waals surface area contributed by atoms with E-state index in [1.54, 1.807) is 0 Å². The molecule has 0 aromatic carbocycles. The van der Waals surface area contributed by atoms with Gasteiger partial charge in [0.2, 0.25) is 0 Å². The van der Waals surface area contributed by atoms with Crippen molar-refractivity contribution in [3.05, 3.63) is 12.2 Å². The van der Waals surface area contributed by atoms with Crippen LogP contribution in [0.5, 0.6) is 0 Å². The monoisotopic (exact) mass is 125 g/mol. The van der Waals surface area contributed by atoms with E-state index in [1.807, 2.05) is 6.92 Å². The van der Waals surface area contributed by atoms with Gasteiger partial charge in [-0.2, -0.15) is 0 Å². The zero-order valence-electron chi connectivity index (χ0n) is 6.61. The third-order valence-corrected chi connectivity index (χ3v) is 1.42. The first-order valence-corrected chi connectivity index (χ1v) is 3.85. The minimum atomic E-state index is 1.08. The van der Waals surface area contributed by atoms with Crippen molar-refractivity contribution in [2.24, 2.45) is 0 Å². The van der Waals surface area contributed by atoms with Crippen LogP contribution < -0.4 is 0 Å². The molecule has 0 nitrogen and oxygen atoms in total. The largest absolute Gasteiger partial charge is 0.0733 e. The number of hydrogen-bond acceptors (Lipinski definition) is 0.